The number of amides is 1. The van der Waals surface area contributed by atoms with E-state index in [1.54, 1.807) is 20.8 Å². The van der Waals surface area contributed by atoms with Gasteiger partial charge in [0, 0.05) is 0 Å². The van der Waals surface area contributed by atoms with E-state index in [1.807, 2.05) is 0 Å². The standard InChI is InChI=1S/C11H22N2O4/c1-4-8(13-11(16)7(3)12)9(14)6-10(15)17-5-2/h7-9,14H,4-6,12H2,1-3H3,(H,13,16). The van der Waals surface area contributed by atoms with Crippen LogP contribution in [0.2, 0.25) is 0 Å². The Morgan fingerprint density at radius 3 is 2.41 bits per heavy atom. The topological polar surface area (TPSA) is 102 Å². The number of ether oxygens (including phenoxy) is 1. The predicted octanol–water partition coefficient (Wildman–Crippen LogP) is -0.457. The molecule has 6 nitrogen and oxygen atoms in total. The molecule has 0 aromatic heterocycles. The Labute approximate surface area is 102 Å². The summed E-state index contributed by atoms with van der Waals surface area (Å²) in [5.74, 6) is -0.826. The molecule has 0 aromatic carbocycles. The Morgan fingerprint density at radius 1 is 1.41 bits per heavy atom. The van der Waals surface area contributed by atoms with Crippen molar-refractivity contribution >= 4 is 11.9 Å². The third-order valence-electron chi connectivity index (χ3n) is 2.33. The summed E-state index contributed by atoms with van der Waals surface area (Å²) < 4.78 is 4.72. The molecule has 100 valence electrons. The van der Waals surface area contributed by atoms with Gasteiger partial charge in [0.15, 0.2) is 0 Å². The molecule has 0 heterocycles. The van der Waals surface area contributed by atoms with Gasteiger partial charge in [-0.25, -0.2) is 0 Å². The van der Waals surface area contributed by atoms with Crippen LogP contribution in [0.15, 0.2) is 0 Å². The summed E-state index contributed by atoms with van der Waals surface area (Å²) in [5, 5.41) is 12.4. The van der Waals surface area contributed by atoms with E-state index in [2.05, 4.69) is 5.32 Å². The second kappa shape index (κ2) is 8.03. The molecule has 1 amide bonds. The first-order valence-electron chi connectivity index (χ1n) is 5.81. The molecular formula is C11H22N2O4. The maximum absolute atomic E-state index is 11.4. The van der Waals surface area contributed by atoms with Gasteiger partial charge in [-0.05, 0) is 20.3 Å². The molecule has 0 saturated heterocycles. The zero-order valence-electron chi connectivity index (χ0n) is 10.6. The lowest BCUT2D eigenvalue weighted by Crippen LogP contribution is -2.49. The van der Waals surface area contributed by atoms with E-state index in [-0.39, 0.29) is 18.9 Å². The fourth-order valence-corrected chi connectivity index (χ4v) is 1.32. The fourth-order valence-electron chi connectivity index (χ4n) is 1.32. The van der Waals surface area contributed by atoms with Crippen LogP contribution in [0.5, 0.6) is 0 Å². The van der Waals surface area contributed by atoms with Crippen molar-refractivity contribution in [2.45, 2.75) is 51.8 Å². The zero-order valence-corrected chi connectivity index (χ0v) is 10.6. The first-order valence-corrected chi connectivity index (χ1v) is 5.81. The third kappa shape index (κ3) is 6.23. The molecule has 6 heteroatoms. The van der Waals surface area contributed by atoms with Gasteiger partial charge in [-0.15, -0.1) is 0 Å². The number of esters is 1. The molecule has 17 heavy (non-hydrogen) atoms. The van der Waals surface area contributed by atoms with E-state index < -0.39 is 24.2 Å². The number of carbonyl (C=O) groups excluding carboxylic acids is 2. The van der Waals surface area contributed by atoms with Crippen molar-refractivity contribution in [2.24, 2.45) is 5.73 Å². The van der Waals surface area contributed by atoms with Crippen molar-refractivity contribution in [3.63, 3.8) is 0 Å². The number of aliphatic hydroxyl groups is 1. The number of nitrogens with one attached hydrogen (secondary N) is 1. The molecule has 0 saturated carbocycles. The maximum atomic E-state index is 11.4. The van der Waals surface area contributed by atoms with Gasteiger partial charge in [-0.2, -0.15) is 0 Å². The average molecular weight is 246 g/mol. The molecule has 0 spiro atoms. The highest BCUT2D eigenvalue weighted by Gasteiger charge is 2.23. The van der Waals surface area contributed by atoms with Crippen molar-refractivity contribution in [3.05, 3.63) is 0 Å². The van der Waals surface area contributed by atoms with Crippen LogP contribution in [-0.4, -0.2) is 41.8 Å². The van der Waals surface area contributed by atoms with E-state index >= 15 is 0 Å². The lowest BCUT2D eigenvalue weighted by molar-refractivity contribution is -0.146. The van der Waals surface area contributed by atoms with Crippen LogP contribution in [0.4, 0.5) is 0 Å². The number of aliphatic hydroxyl groups excluding tert-OH is 1. The Kier molecular flexibility index (Phi) is 7.49. The summed E-state index contributed by atoms with van der Waals surface area (Å²) in [7, 11) is 0. The van der Waals surface area contributed by atoms with Gasteiger partial charge in [0.1, 0.15) is 0 Å². The number of nitrogens with two attached hydrogens (primary N) is 1. The first-order chi connectivity index (χ1) is 7.92. The summed E-state index contributed by atoms with van der Waals surface area (Å²) in [6.07, 6.45) is -0.577. The van der Waals surface area contributed by atoms with Crippen LogP contribution in [0.25, 0.3) is 0 Å². The molecule has 3 atom stereocenters. The zero-order chi connectivity index (χ0) is 13.4. The molecule has 0 rings (SSSR count). The van der Waals surface area contributed by atoms with E-state index in [0.29, 0.717) is 6.42 Å². The highest BCUT2D eigenvalue weighted by Crippen LogP contribution is 2.05. The second-order valence-electron chi connectivity index (χ2n) is 3.89. The Balaban J connectivity index is 4.25. The summed E-state index contributed by atoms with van der Waals surface area (Å²) >= 11 is 0. The Bertz CT molecular complexity index is 256. The van der Waals surface area contributed by atoms with Gasteiger partial charge in [0.05, 0.1) is 31.2 Å². The van der Waals surface area contributed by atoms with Gasteiger partial charge in [0.2, 0.25) is 5.91 Å². The molecule has 0 bridgehead atoms. The smallest absolute Gasteiger partial charge is 0.308 e. The summed E-state index contributed by atoms with van der Waals surface area (Å²) in [6, 6.07) is -1.13. The number of hydrogen-bond donors (Lipinski definition) is 3. The van der Waals surface area contributed by atoms with Gasteiger partial charge >= 0.3 is 5.97 Å². The van der Waals surface area contributed by atoms with Crippen LogP contribution >= 0.6 is 0 Å². The van der Waals surface area contributed by atoms with Crippen LogP contribution in [-0.2, 0) is 14.3 Å². The lowest BCUT2D eigenvalue weighted by atomic mass is 10.1. The van der Waals surface area contributed by atoms with Gasteiger partial charge in [0.25, 0.3) is 0 Å². The first kappa shape index (κ1) is 15.9. The number of carbonyl (C=O) groups is 2. The molecule has 0 aliphatic carbocycles. The SMILES string of the molecule is CCOC(=O)CC(O)C(CC)NC(=O)C(C)N. The molecular weight excluding hydrogens is 224 g/mol. The maximum Gasteiger partial charge on any atom is 0.308 e. The van der Waals surface area contributed by atoms with E-state index in [9.17, 15) is 14.7 Å². The third-order valence-corrected chi connectivity index (χ3v) is 2.33. The molecule has 0 aliphatic heterocycles. The molecule has 0 fully saturated rings. The van der Waals surface area contributed by atoms with Gasteiger partial charge < -0.3 is 20.9 Å². The Hall–Kier alpha value is -1.14. The fraction of sp³-hybridized carbons (Fsp3) is 0.818. The van der Waals surface area contributed by atoms with Crippen molar-refractivity contribution in [1.82, 2.24) is 5.32 Å². The number of hydrogen-bond acceptors (Lipinski definition) is 5. The minimum absolute atomic E-state index is 0.133. The molecule has 0 aliphatic rings. The minimum Gasteiger partial charge on any atom is -0.466 e. The van der Waals surface area contributed by atoms with Crippen LogP contribution in [0.1, 0.15) is 33.6 Å². The lowest BCUT2D eigenvalue weighted by Gasteiger charge is -2.23. The van der Waals surface area contributed by atoms with Crippen molar-refractivity contribution in [2.75, 3.05) is 6.61 Å². The van der Waals surface area contributed by atoms with E-state index in [0.717, 1.165) is 0 Å². The molecule has 0 radical (unpaired) electrons. The largest absolute Gasteiger partial charge is 0.466 e. The molecule has 0 aromatic rings. The average Bonchev–Trinajstić information content (AvgIpc) is 2.25. The Morgan fingerprint density at radius 2 is 2.00 bits per heavy atom. The molecule has 4 N–H and O–H groups in total. The summed E-state index contributed by atoms with van der Waals surface area (Å²) in [6.45, 7) is 5.33. The van der Waals surface area contributed by atoms with Crippen LogP contribution in [0.3, 0.4) is 0 Å². The summed E-state index contributed by atoms with van der Waals surface area (Å²) in [5.41, 5.74) is 5.40. The van der Waals surface area contributed by atoms with Gasteiger partial charge in [-0.3, -0.25) is 9.59 Å². The van der Waals surface area contributed by atoms with Crippen molar-refractivity contribution in [1.29, 1.82) is 0 Å². The minimum atomic E-state index is -0.957. The predicted molar refractivity (Wildman–Crippen MR) is 63.1 cm³/mol. The highest BCUT2D eigenvalue weighted by atomic mass is 16.5. The highest BCUT2D eigenvalue weighted by molar-refractivity contribution is 5.81. The van der Waals surface area contributed by atoms with Crippen LogP contribution < -0.4 is 11.1 Å². The normalized spacial score (nSPS) is 15.8. The van der Waals surface area contributed by atoms with Gasteiger partial charge in [-0.1, -0.05) is 6.92 Å². The number of rotatable bonds is 7. The monoisotopic (exact) mass is 246 g/mol. The van der Waals surface area contributed by atoms with Crippen molar-refractivity contribution < 1.29 is 19.4 Å². The van der Waals surface area contributed by atoms with Crippen molar-refractivity contribution in [3.8, 4) is 0 Å². The second-order valence-corrected chi connectivity index (χ2v) is 3.89. The quantitative estimate of drug-likeness (QED) is 0.528. The van der Waals surface area contributed by atoms with E-state index in [1.165, 1.54) is 0 Å². The molecule has 3 unspecified atom stereocenters. The van der Waals surface area contributed by atoms with E-state index in [4.69, 9.17) is 10.5 Å². The summed E-state index contributed by atoms with van der Waals surface area (Å²) in [4.78, 5) is 22.5. The van der Waals surface area contributed by atoms with Crippen LogP contribution in [0, 0.1) is 0 Å².